The van der Waals surface area contributed by atoms with Crippen LogP contribution >= 0.6 is 0 Å². The third-order valence-electron chi connectivity index (χ3n) is 3.26. The molecule has 2 heterocycles. The predicted molar refractivity (Wildman–Crippen MR) is 75.1 cm³/mol. The molecular weight excluding hydrogens is 226 g/mol. The van der Waals surface area contributed by atoms with E-state index >= 15 is 0 Å². The molecule has 5 heteroatoms. The van der Waals surface area contributed by atoms with E-state index in [-0.39, 0.29) is 0 Å². The number of nitrogens with zero attached hydrogens (tertiary/aromatic N) is 3. The minimum Gasteiger partial charge on any atom is -0.367 e. The van der Waals surface area contributed by atoms with Gasteiger partial charge in [0.05, 0.1) is 0 Å². The van der Waals surface area contributed by atoms with E-state index in [0.717, 1.165) is 31.1 Å². The molecule has 0 aliphatic carbocycles. The summed E-state index contributed by atoms with van der Waals surface area (Å²) in [6, 6.07) is 2.55. The van der Waals surface area contributed by atoms with Crippen LogP contribution in [-0.4, -0.2) is 47.6 Å². The Morgan fingerprint density at radius 2 is 2.06 bits per heavy atom. The lowest BCUT2D eigenvalue weighted by Crippen LogP contribution is -2.36. The van der Waals surface area contributed by atoms with Crippen LogP contribution in [0.3, 0.4) is 0 Å². The van der Waals surface area contributed by atoms with Crippen molar-refractivity contribution in [3.63, 3.8) is 0 Å². The number of hydrogen-bond acceptors (Lipinski definition) is 5. The van der Waals surface area contributed by atoms with E-state index in [1.165, 1.54) is 12.8 Å². The topological polar surface area (TPSA) is 53.1 Å². The molecule has 0 amide bonds. The van der Waals surface area contributed by atoms with Crippen LogP contribution < -0.4 is 10.6 Å². The van der Waals surface area contributed by atoms with Crippen molar-refractivity contribution < 1.29 is 0 Å². The number of rotatable bonds is 4. The van der Waals surface area contributed by atoms with Crippen molar-refractivity contribution in [1.29, 1.82) is 0 Å². The van der Waals surface area contributed by atoms with Gasteiger partial charge in [0.2, 0.25) is 5.95 Å². The third kappa shape index (κ3) is 3.57. The zero-order valence-electron chi connectivity index (χ0n) is 11.5. The van der Waals surface area contributed by atoms with E-state index in [1.807, 2.05) is 13.0 Å². The Morgan fingerprint density at radius 1 is 1.33 bits per heavy atom. The van der Waals surface area contributed by atoms with Gasteiger partial charge in [-0.2, -0.15) is 4.98 Å². The quantitative estimate of drug-likeness (QED) is 0.851. The summed E-state index contributed by atoms with van der Waals surface area (Å²) in [5.41, 5.74) is 0.997. The molecule has 2 rings (SSSR count). The summed E-state index contributed by atoms with van der Waals surface area (Å²) >= 11 is 0. The second kappa shape index (κ2) is 6.00. The van der Waals surface area contributed by atoms with Gasteiger partial charge in [-0.25, -0.2) is 4.98 Å². The summed E-state index contributed by atoms with van der Waals surface area (Å²) in [6.07, 6.45) is 2.35. The van der Waals surface area contributed by atoms with Crippen molar-refractivity contribution in [1.82, 2.24) is 14.9 Å². The molecule has 0 bridgehead atoms. The molecule has 0 radical (unpaired) electrons. The summed E-state index contributed by atoms with van der Waals surface area (Å²) < 4.78 is 0. The van der Waals surface area contributed by atoms with Crippen molar-refractivity contribution in [2.24, 2.45) is 0 Å². The summed E-state index contributed by atoms with van der Waals surface area (Å²) in [6.45, 7) is 7.21. The molecule has 1 saturated heterocycles. The molecule has 5 nitrogen and oxygen atoms in total. The first kappa shape index (κ1) is 13.1. The number of aromatic nitrogens is 2. The van der Waals surface area contributed by atoms with E-state index in [4.69, 9.17) is 0 Å². The van der Waals surface area contributed by atoms with Crippen LogP contribution in [0.1, 0.15) is 25.5 Å². The van der Waals surface area contributed by atoms with Gasteiger partial charge in [-0.3, -0.25) is 0 Å². The number of nitrogens with one attached hydrogen (secondary N) is 2. The molecule has 1 aliphatic heterocycles. The minimum atomic E-state index is 0.532. The van der Waals surface area contributed by atoms with Crippen LogP contribution in [0, 0.1) is 6.92 Å². The van der Waals surface area contributed by atoms with Gasteiger partial charge in [-0.1, -0.05) is 0 Å². The molecule has 2 N–H and O–H groups in total. The van der Waals surface area contributed by atoms with Gasteiger partial charge in [-0.15, -0.1) is 0 Å². The average Bonchev–Trinajstić information content (AvgIpc) is 2.32. The molecule has 0 spiro atoms. The van der Waals surface area contributed by atoms with Crippen LogP contribution in [0.25, 0.3) is 0 Å². The smallest absolute Gasteiger partial charge is 0.224 e. The number of likely N-dealkylation sites (tertiary alicyclic amines) is 1. The Morgan fingerprint density at radius 3 is 2.72 bits per heavy atom. The zero-order chi connectivity index (χ0) is 13.0. The molecule has 0 unspecified atom stereocenters. The monoisotopic (exact) mass is 249 g/mol. The van der Waals surface area contributed by atoms with E-state index in [2.05, 4.69) is 39.5 Å². The summed E-state index contributed by atoms with van der Waals surface area (Å²) in [7, 11) is 2.17. The molecule has 1 aromatic heterocycles. The van der Waals surface area contributed by atoms with Gasteiger partial charge in [-0.05, 0) is 46.8 Å². The summed E-state index contributed by atoms with van der Waals surface area (Å²) in [4.78, 5) is 11.2. The molecule has 1 fully saturated rings. The molecule has 1 aliphatic rings. The minimum absolute atomic E-state index is 0.532. The number of hydrogen-bond donors (Lipinski definition) is 2. The fourth-order valence-electron chi connectivity index (χ4n) is 2.24. The van der Waals surface area contributed by atoms with E-state index in [0.29, 0.717) is 12.0 Å². The Labute approximate surface area is 109 Å². The van der Waals surface area contributed by atoms with Gasteiger partial charge >= 0.3 is 0 Å². The molecule has 0 atom stereocenters. The largest absolute Gasteiger partial charge is 0.367 e. The van der Waals surface area contributed by atoms with Crippen molar-refractivity contribution >= 4 is 11.8 Å². The first-order valence-corrected chi connectivity index (χ1v) is 6.72. The first-order chi connectivity index (χ1) is 8.67. The highest BCUT2D eigenvalue weighted by Gasteiger charge is 2.16. The lowest BCUT2D eigenvalue weighted by molar-refractivity contribution is 0.263. The Balaban J connectivity index is 2.00. The second-order valence-electron chi connectivity index (χ2n) is 4.97. The second-order valence-corrected chi connectivity index (χ2v) is 4.97. The van der Waals surface area contributed by atoms with E-state index in [1.54, 1.807) is 0 Å². The van der Waals surface area contributed by atoms with Crippen molar-refractivity contribution in [3.05, 3.63) is 11.8 Å². The van der Waals surface area contributed by atoms with E-state index < -0.39 is 0 Å². The first-order valence-electron chi connectivity index (χ1n) is 6.72. The Hall–Kier alpha value is -1.36. The van der Waals surface area contributed by atoms with Crippen LogP contribution in [0.15, 0.2) is 6.07 Å². The van der Waals surface area contributed by atoms with Gasteiger partial charge in [0.15, 0.2) is 0 Å². The highest BCUT2D eigenvalue weighted by atomic mass is 15.2. The lowest BCUT2D eigenvalue weighted by Gasteiger charge is -2.29. The number of aryl methyl sites for hydroxylation is 1. The zero-order valence-corrected chi connectivity index (χ0v) is 11.5. The SMILES string of the molecule is CCNc1nc(C)cc(NC2CCN(C)CC2)n1. The average molecular weight is 249 g/mol. The van der Waals surface area contributed by atoms with Crippen molar-refractivity contribution in [2.45, 2.75) is 32.7 Å². The van der Waals surface area contributed by atoms with Crippen molar-refractivity contribution in [3.8, 4) is 0 Å². The number of anilines is 2. The maximum absolute atomic E-state index is 4.49. The Bertz CT molecular complexity index is 385. The summed E-state index contributed by atoms with van der Waals surface area (Å²) in [5, 5.41) is 6.69. The lowest BCUT2D eigenvalue weighted by atomic mass is 10.1. The highest BCUT2D eigenvalue weighted by molar-refractivity contribution is 5.42. The maximum atomic E-state index is 4.49. The highest BCUT2D eigenvalue weighted by Crippen LogP contribution is 2.16. The van der Waals surface area contributed by atoms with E-state index in [9.17, 15) is 0 Å². The standard InChI is InChI=1S/C13H23N5/c1-4-14-13-15-10(2)9-12(17-13)16-11-5-7-18(3)8-6-11/h9,11H,4-8H2,1-3H3,(H2,14,15,16,17). The van der Waals surface area contributed by atoms with Gasteiger partial charge in [0, 0.05) is 24.3 Å². The van der Waals surface area contributed by atoms with Crippen LogP contribution in [0.4, 0.5) is 11.8 Å². The Kier molecular flexibility index (Phi) is 4.36. The van der Waals surface area contributed by atoms with Crippen molar-refractivity contribution in [2.75, 3.05) is 37.3 Å². The van der Waals surface area contributed by atoms with Crippen LogP contribution in [0.2, 0.25) is 0 Å². The molecule has 0 saturated carbocycles. The van der Waals surface area contributed by atoms with Crippen LogP contribution in [0.5, 0.6) is 0 Å². The van der Waals surface area contributed by atoms with Gasteiger partial charge in [0.25, 0.3) is 0 Å². The van der Waals surface area contributed by atoms with Gasteiger partial charge in [0.1, 0.15) is 5.82 Å². The fraction of sp³-hybridized carbons (Fsp3) is 0.692. The number of piperidine rings is 1. The molecule has 18 heavy (non-hydrogen) atoms. The van der Waals surface area contributed by atoms with Crippen LogP contribution in [-0.2, 0) is 0 Å². The van der Waals surface area contributed by atoms with Gasteiger partial charge < -0.3 is 15.5 Å². The normalized spacial score (nSPS) is 17.7. The molecular formula is C13H23N5. The summed E-state index contributed by atoms with van der Waals surface area (Å²) in [5.74, 6) is 1.65. The molecule has 0 aromatic carbocycles. The maximum Gasteiger partial charge on any atom is 0.224 e. The predicted octanol–water partition coefficient (Wildman–Crippen LogP) is 1.72. The molecule has 1 aromatic rings. The molecule has 100 valence electrons. The third-order valence-corrected chi connectivity index (χ3v) is 3.26. The fourth-order valence-corrected chi connectivity index (χ4v) is 2.24.